The molecular weight excluding hydrogens is 158 g/mol. The van der Waals surface area contributed by atoms with Gasteiger partial charge < -0.3 is 0 Å². The van der Waals surface area contributed by atoms with Gasteiger partial charge in [0.2, 0.25) is 0 Å². The number of aryl methyl sites for hydroxylation is 2. The van der Waals surface area contributed by atoms with E-state index in [0.29, 0.717) is 5.92 Å². The van der Waals surface area contributed by atoms with Crippen LogP contribution in [0.4, 0.5) is 5.69 Å². The van der Waals surface area contributed by atoms with Crippen LogP contribution >= 0.6 is 0 Å². The van der Waals surface area contributed by atoms with E-state index in [1.54, 1.807) is 0 Å². The standard InChI is InChI=1S/C12H17N/c1-9(2)8-13-12-10(3)6-5-7-11(12)4/h5-9H,1-4H3/b13-8-. The van der Waals surface area contributed by atoms with Gasteiger partial charge in [-0.3, -0.25) is 4.99 Å². The summed E-state index contributed by atoms with van der Waals surface area (Å²) < 4.78 is 0. The molecule has 0 unspecified atom stereocenters. The van der Waals surface area contributed by atoms with E-state index in [1.807, 2.05) is 6.21 Å². The molecule has 0 N–H and O–H groups in total. The van der Waals surface area contributed by atoms with Gasteiger partial charge in [0.15, 0.2) is 0 Å². The Kier molecular flexibility index (Phi) is 3.24. The quantitative estimate of drug-likeness (QED) is 0.608. The molecule has 0 fully saturated rings. The summed E-state index contributed by atoms with van der Waals surface area (Å²) in [7, 11) is 0. The molecule has 70 valence electrons. The minimum absolute atomic E-state index is 0.513. The Hall–Kier alpha value is -1.11. The van der Waals surface area contributed by atoms with Crippen LogP contribution in [0, 0.1) is 19.8 Å². The van der Waals surface area contributed by atoms with Gasteiger partial charge in [0.1, 0.15) is 0 Å². The lowest BCUT2D eigenvalue weighted by Gasteiger charge is -2.03. The number of hydrogen-bond donors (Lipinski definition) is 0. The maximum Gasteiger partial charge on any atom is 0.0684 e. The Morgan fingerprint density at radius 2 is 1.69 bits per heavy atom. The summed E-state index contributed by atoms with van der Waals surface area (Å²) in [6, 6.07) is 6.26. The van der Waals surface area contributed by atoms with Gasteiger partial charge in [-0.05, 0) is 30.9 Å². The second-order valence-corrected chi connectivity index (χ2v) is 3.76. The highest BCUT2D eigenvalue weighted by Gasteiger charge is 1.98. The van der Waals surface area contributed by atoms with Crippen molar-refractivity contribution in [2.45, 2.75) is 27.7 Å². The van der Waals surface area contributed by atoms with Crippen molar-refractivity contribution in [1.82, 2.24) is 0 Å². The highest BCUT2D eigenvalue weighted by atomic mass is 14.7. The molecule has 0 aromatic heterocycles. The van der Waals surface area contributed by atoms with E-state index >= 15 is 0 Å². The van der Waals surface area contributed by atoms with Crippen LogP contribution in [0.1, 0.15) is 25.0 Å². The Labute approximate surface area is 80.5 Å². The lowest BCUT2D eigenvalue weighted by Crippen LogP contribution is -1.87. The summed E-state index contributed by atoms with van der Waals surface area (Å²) in [6.07, 6.45) is 2.00. The van der Waals surface area contributed by atoms with Crippen LogP contribution in [-0.2, 0) is 0 Å². The maximum atomic E-state index is 4.48. The van der Waals surface area contributed by atoms with Gasteiger partial charge in [-0.25, -0.2) is 0 Å². The average molecular weight is 175 g/mol. The van der Waals surface area contributed by atoms with Gasteiger partial charge >= 0.3 is 0 Å². The van der Waals surface area contributed by atoms with Gasteiger partial charge in [0.05, 0.1) is 5.69 Å². The monoisotopic (exact) mass is 175 g/mol. The second kappa shape index (κ2) is 4.22. The van der Waals surface area contributed by atoms with Crippen molar-refractivity contribution in [3.05, 3.63) is 29.3 Å². The van der Waals surface area contributed by atoms with Gasteiger partial charge in [0, 0.05) is 6.21 Å². The van der Waals surface area contributed by atoms with Crippen molar-refractivity contribution in [3.63, 3.8) is 0 Å². The van der Waals surface area contributed by atoms with E-state index in [2.05, 4.69) is 50.9 Å². The summed E-state index contributed by atoms with van der Waals surface area (Å²) in [5.74, 6) is 0.513. The van der Waals surface area contributed by atoms with Crippen molar-refractivity contribution in [1.29, 1.82) is 0 Å². The highest BCUT2D eigenvalue weighted by Crippen LogP contribution is 2.22. The first-order chi connectivity index (χ1) is 6.11. The number of aliphatic imine (C=N–C) groups is 1. The lowest BCUT2D eigenvalue weighted by molar-refractivity contribution is 0.907. The molecule has 1 aromatic rings. The number of benzene rings is 1. The maximum absolute atomic E-state index is 4.48. The Morgan fingerprint density at radius 1 is 1.15 bits per heavy atom. The summed E-state index contributed by atoms with van der Waals surface area (Å²) in [6.45, 7) is 8.47. The van der Waals surface area contributed by atoms with E-state index in [1.165, 1.54) is 11.1 Å². The number of rotatable bonds is 2. The third kappa shape index (κ3) is 2.69. The fourth-order valence-corrected chi connectivity index (χ4v) is 1.23. The van der Waals surface area contributed by atoms with Crippen molar-refractivity contribution < 1.29 is 0 Å². The molecule has 1 rings (SSSR count). The van der Waals surface area contributed by atoms with Crippen LogP contribution in [-0.4, -0.2) is 6.21 Å². The molecular formula is C12H17N. The molecule has 1 aromatic carbocycles. The molecule has 1 nitrogen and oxygen atoms in total. The Morgan fingerprint density at radius 3 is 2.15 bits per heavy atom. The van der Waals surface area contributed by atoms with Gasteiger partial charge in [-0.2, -0.15) is 0 Å². The Bertz CT molecular complexity index is 291. The van der Waals surface area contributed by atoms with E-state index in [4.69, 9.17) is 0 Å². The third-order valence-corrected chi connectivity index (χ3v) is 1.94. The first-order valence-electron chi connectivity index (χ1n) is 4.71. The second-order valence-electron chi connectivity index (χ2n) is 3.76. The fourth-order valence-electron chi connectivity index (χ4n) is 1.23. The average Bonchev–Trinajstić information content (AvgIpc) is 2.03. The molecule has 13 heavy (non-hydrogen) atoms. The van der Waals surface area contributed by atoms with Crippen LogP contribution < -0.4 is 0 Å². The molecule has 0 aliphatic heterocycles. The molecule has 0 aliphatic rings. The molecule has 0 spiro atoms. The number of hydrogen-bond acceptors (Lipinski definition) is 1. The van der Waals surface area contributed by atoms with E-state index in [-0.39, 0.29) is 0 Å². The molecule has 0 atom stereocenters. The minimum atomic E-state index is 0.513. The molecule has 0 saturated heterocycles. The van der Waals surface area contributed by atoms with Crippen LogP contribution in [0.25, 0.3) is 0 Å². The molecule has 0 aliphatic carbocycles. The lowest BCUT2D eigenvalue weighted by atomic mass is 10.1. The van der Waals surface area contributed by atoms with Crippen LogP contribution in [0.3, 0.4) is 0 Å². The first-order valence-corrected chi connectivity index (χ1v) is 4.71. The highest BCUT2D eigenvalue weighted by molar-refractivity contribution is 5.67. The smallest absolute Gasteiger partial charge is 0.0684 e. The fraction of sp³-hybridized carbons (Fsp3) is 0.417. The summed E-state index contributed by atoms with van der Waals surface area (Å²) >= 11 is 0. The van der Waals surface area contributed by atoms with Crippen molar-refractivity contribution in [2.24, 2.45) is 10.9 Å². The zero-order valence-electron chi connectivity index (χ0n) is 8.83. The normalized spacial score (nSPS) is 11.5. The number of nitrogens with zero attached hydrogens (tertiary/aromatic N) is 1. The zero-order valence-corrected chi connectivity index (χ0v) is 8.83. The van der Waals surface area contributed by atoms with Crippen molar-refractivity contribution >= 4 is 11.9 Å². The van der Waals surface area contributed by atoms with E-state index in [9.17, 15) is 0 Å². The summed E-state index contributed by atoms with van der Waals surface area (Å²) in [5, 5.41) is 0. The molecule has 1 heteroatoms. The number of para-hydroxylation sites is 1. The van der Waals surface area contributed by atoms with E-state index in [0.717, 1.165) is 5.69 Å². The summed E-state index contributed by atoms with van der Waals surface area (Å²) in [5.41, 5.74) is 3.62. The first kappa shape index (κ1) is 9.97. The molecule has 0 radical (unpaired) electrons. The topological polar surface area (TPSA) is 12.4 Å². The molecule has 0 heterocycles. The third-order valence-electron chi connectivity index (χ3n) is 1.94. The zero-order chi connectivity index (χ0) is 9.84. The van der Waals surface area contributed by atoms with Gasteiger partial charge in [-0.1, -0.05) is 32.0 Å². The van der Waals surface area contributed by atoms with Gasteiger partial charge in [0.25, 0.3) is 0 Å². The predicted molar refractivity (Wildman–Crippen MR) is 58.9 cm³/mol. The summed E-state index contributed by atoms with van der Waals surface area (Å²) in [4.78, 5) is 4.48. The largest absolute Gasteiger partial charge is 0.260 e. The molecule has 0 saturated carbocycles. The van der Waals surface area contributed by atoms with E-state index < -0.39 is 0 Å². The van der Waals surface area contributed by atoms with Crippen molar-refractivity contribution in [3.8, 4) is 0 Å². The van der Waals surface area contributed by atoms with Gasteiger partial charge in [-0.15, -0.1) is 0 Å². The van der Waals surface area contributed by atoms with Crippen LogP contribution in [0.15, 0.2) is 23.2 Å². The van der Waals surface area contributed by atoms with Crippen molar-refractivity contribution in [2.75, 3.05) is 0 Å². The SMILES string of the molecule is Cc1cccc(C)c1/N=C\C(C)C. The molecule has 0 bridgehead atoms. The minimum Gasteiger partial charge on any atom is -0.260 e. The van der Waals surface area contributed by atoms with Crippen LogP contribution in [0.5, 0.6) is 0 Å². The van der Waals surface area contributed by atoms with Crippen LogP contribution in [0.2, 0.25) is 0 Å². The predicted octanol–water partition coefficient (Wildman–Crippen LogP) is 3.66. The molecule has 0 amide bonds. The Balaban J connectivity index is 3.00.